The number of hydrogen-bond acceptors (Lipinski definition) is 2. The number of furan rings is 1. The van der Waals surface area contributed by atoms with E-state index in [0.29, 0.717) is 5.71 Å². The maximum Gasteiger partial charge on any atom is 0.227 e. The van der Waals surface area contributed by atoms with E-state index in [1.54, 1.807) is 0 Å². The smallest absolute Gasteiger partial charge is 0.227 e. The van der Waals surface area contributed by atoms with Gasteiger partial charge in [-0.15, -0.1) is 0 Å². The third-order valence-corrected chi connectivity index (χ3v) is 6.74. The minimum Gasteiger partial charge on any atom is -0.437 e. The van der Waals surface area contributed by atoms with Crippen molar-refractivity contribution in [3.05, 3.63) is 59.4 Å². The molecule has 0 atom stereocenters. The number of aryl methyl sites for hydroxylation is 2. The first kappa shape index (κ1) is 20.0. The van der Waals surface area contributed by atoms with Gasteiger partial charge >= 0.3 is 0 Å². The van der Waals surface area contributed by atoms with Gasteiger partial charge in [0.1, 0.15) is 7.05 Å². The summed E-state index contributed by atoms with van der Waals surface area (Å²) >= 11 is 0. The topological polar surface area (TPSA) is 29.9 Å². The predicted octanol–water partition coefficient (Wildman–Crippen LogP) is 7.42. The standard InChI is InChI=1S/C29H35N2O/c1-19-11-12-22-23-13-14-24(21-9-7-6-8-10-21)30-28(23)32-27(22)26(19)25-17-20(15-16-31(25)5)18-29(2,3)4/h11-17,21H,6-10,18H2,1-5H3/q+1/i21D. The monoisotopic (exact) mass is 428 g/mol. The van der Waals surface area contributed by atoms with E-state index < -0.39 is 5.89 Å². The Hall–Kier alpha value is -2.68. The quantitative estimate of drug-likeness (QED) is 0.318. The van der Waals surface area contributed by atoms with Crippen LogP contribution in [0.15, 0.2) is 47.0 Å². The third-order valence-electron chi connectivity index (χ3n) is 6.74. The highest BCUT2D eigenvalue weighted by molar-refractivity contribution is 6.08. The lowest BCUT2D eigenvalue weighted by Gasteiger charge is -2.20. The van der Waals surface area contributed by atoms with Crippen molar-refractivity contribution in [2.75, 3.05) is 0 Å². The van der Waals surface area contributed by atoms with E-state index in [0.717, 1.165) is 65.4 Å². The van der Waals surface area contributed by atoms with Crippen LogP contribution in [0.4, 0.5) is 0 Å². The summed E-state index contributed by atoms with van der Waals surface area (Å²) in [7, 11) is 2.10. The van der Waals surface area contributed by atoms with E-state index in [-0.39, 0.29) is 5.41 Å². The number of aromatic nitrogens is 2. The lowest BCUT2D eigenvalue weighted by Crippen LogP contribution is -2.31. The molecule has 3 nitrogen and oxygen atoms in total. The van der Waals surface area contributed by atoms with Crippen LogP contribution in [0.1, 0.15) is 77.0 Å². The number of benzene rings is 1. The minimum absolute atomic E-state index is 0.225. The Morgan fingerprint density at radius 3 is 2.56 bits per heavy atom. The average Bonchev–Trinajstić information content (AvgIpc) is 3.12. The molecule has 0 bridgehead atoms. The van der Waals surface area contributed by atoms with Crippen LogP contribution < -0.4 is 4.57 Å². The Bertz CT molecular complexity index is 1340. The first-order valence-electron chi connectivity index (χ1n) is 12.5. The zero-order valence-corrected chi connectivity index (χ0v) is 20.1. The van der Waals surface area contributed by atoms with E-state index in [1.807, 2.05) is 0 Å². The van der Waals surface area contributed by atoms with Gasteiger partial charge in [0.2, 0.25) is 11.4 Å². The maximum atomic E-state index is 9.00. The lowest BCUT2D eigenvalue weighted by atomic mass is 9.86. The Labute approximate surface area is 192 Å². The van der Waals surface area contributed by atoms with Gasteiger partial charge in [-0.2, -0.15) is 0 Å². The summed E-state index contributed by atoms with van der Waals surface area (Å²) in [6, 6.07) is 13.0. The van der Waals surface area contributed by atoms with Gasteiger partial charge < -0.3 is 4.42 Å². The van der Waals surface area contributed by atoms with Crippen molar-refractivity contribution < 1.29 is 10.4 Å². The lowest BCUT2D eigenvalue weighted by molar-refractivity contribution is -0.660. The van der Waals surface area contributed by atoms with Crippen molar-refractivity contribution in [2.24, 2.45) is 12.5 Å². The van der Waals surface area contributed by atoms with Crippen molar-refractivity contribution >= 4 is 22.1 Å². The molecule has 0 saturated heterocycles. The van der Waals surface area contributed by atoms with Crippen molar-refractivity contribution in [2.45, 2.75) is 72.1 Å². The molecule has 32 heavy (non-hydrogen) atoms. The summed E-state index contributed by atoms with van der Waals surface area (Å²) in [5.74, 6) is -0.585. The molecule has 3 heteroatoms. The third kappa shape index (κ3) is 3.94. The molecule has 1 aromatic carbocycles. The van der Waals surface area contributed by atoms with Crippen LogP contribution >= 0.6 is 0 Å². The van der Waals surface area contributed by atoms with Crippen molar-refractivity contribution in [1.29, 1.82) is 0 Å². The van der Waals surface area contributed by atoms with Crippen LogP contribution in [0.5, 0.6) is 0 Å². The fourth-order valence-electron chi connectivity index (χ4n) is 5.15. The zero-order valence-electron chi connectivity index (χ0n) is 21.1. The number of hydrogen-bond donors (Lipinski definition) is 0. The Kier molecular flexibility index (Phi) is 5.01. The molecule has 3 aromatic heterocycles. The summed E-state index contributed by atoms with van der Waals surface area (Å²) in [5, 5.41) is 2.12. The highest BCUT2D eigenvalue weighted by Gasteiger charge is 2.24. The van der Waals surface area contributed by atoms with E-state index in [1.165, 1.54) is 17.5 Å². The van der Waals surface area contributed by atoms with E-state index in [4.69, 9.17) is 10.8 Å². The van der Waals surface area contributed by atoms with Crippen LogP contribution in [0.25, 0.3) is 33.3 Å². The van der Waals surface area contributed by atoms with Gasteiger partial charge in [0, 0.05) is 35.9 Å². The summed E-state index contributed by atoms with van der Waals surface area (Å²) in [6.45, 7) is 8.98. The molecule has 0 amide bonds. The minimum atomic E-state index is -0.585. The highest BCUT2D eigenvalue weighted by Crippen LogP contribution is 2.38. The van der Waals surface area contributed by atoms with Crippen molar-refractivity contribution in [3.63, 3.8) is 0 Å². The van der Waals surface area contributed by atoms with Crippen LogP contribution in [0, 0.1) is 12.3 Å². The second-order valence-corrected chi connectivity index (χ2v) is 10.7. The molecule has 0 N–H and O–H groups in total. The van der Waals surface area contributed by atoms with Gasteiger partial charge in [-0.05, 0) is 54.9 Å². The van der Waals surface area contributed by atoms with Gasteiger partial charge in [0.05, 0.1) is 5.56 Å². The molecule has 0 unspecified atom stereocenters. The second-order valence-electron chi connectivity index (χ2n) is 10.7. The average molecular weight is 429 g/mol. The molecule has 1 fully saturated rings. The Morgan fingerprint density at radius 1 is 1.06 bits per heavy atom. The highest BCUT2D eigenvalue weighted by atomic mass is 16.3. The van der Waals surface area contributed by atoms with Crippen LogP contribution in [0.3, 0.4) is 0 Å². The molecule has 166 valence electrons. The van der Waals surface area contributed by atoms with E-state index in [2.05, 4.69) is 81.9 Å². The van der Waals surface area contributed by atoms with Gasteiger partial charge in [-0.3, -0.25) is 0 Å². The van der Waals surface area contributed by atoms with E-state index in [9.17, 15) is 0 Å². The van der Waals surface area contributed by atoms with Gasteiger partial charge in [-0.1, -0.05) is 52.2 Å². The Balaban J connectivity index is 1.68. The second kappa shape index (κ2) is 8.03. The summed E-state index contributed by atoms with van der Waals surface area (Å²) in [4.78, 5) is 4.90. The fraction of sp³-hybridized carbons (Fsp3) is 0.448. The first-order valence-corrected chi connectivity index (χ1v) is 12.0. The normalized spacial score (nSPS) is 17.1. The largest absolute Gasteiger partial charge is 0.437 e. The molecular weight excluding hydrogens is 392 g/mol. The van der Waals surface area contributed by atoms with Crippen molar-refractivity contribution in [3.8, 4) is 11.3 Å². The summed E-state index contributed by atoms with van der Waals surface area (Å²) in [6.07, 6.45) is 8.37. The molecule has 1 aliphatic rings. The fourth-order valence-corrected chi connectivity index (χ4v) is 5.15. The molecule has 0 radical (unpaired) electrons. The number of fused-ring (bicyclic) bond motifs is 3. The number of nitrogens with zero attached hydrogens (tertiary/aromatic N) is 2. The molecule has 0 aliphatic heterocycles. The summed E-state index contributed by atoms with van der Waals surface area (Å²) < 4.78 is 17.7. The van der Waals surface area contributed by atoms with Gasteiger partial charge in [-0.25, -0.2) is 9.55 Å². The molecule has 4 aromatic rings. The summed E-state index contributed by atoms with van der Waals surface area (Å²) in [5.41, 5.74) is 7.42. The number of pyridine rings is 2. The number of rotatable bonds is 3. The SMILES string of the molecule is [2H]C1(c2ccc3c(n2)oc2c(-c4cc(CC(C)(C)C)cc[n+]4C)c(C)ccc23)CCCCC1. The molecule has 1 aliphatic carbocycles. The molecule has 5 rings (SSSR count). The van der Waals surface area contributed by atoms with E-state index >= 15 is 0 Å². The van der Waals surface area contributed by atoms with Gasteiger partial charge in [0.25, 0.3) is 0 Å². The Morgan fingerprint density at radius 2 is 1.81 bits per heavy atom. The van der Waals surface area contributed by atoms with Crippen LogP contribution in [0.2, 0.25) is 0 Å². The molecule has 1 saturated carbocycles. The molecule has 0 spiro atoms. The zero-order chi connectivity index (χ0) is 23.4. The molecular formula is C29H35N2O+. The predicted molar refractivity (Wildman–Crippen MR) is 132 cm³/mol. The first-order chi connectivity index (χ1) is 15.6. The van der Waals surface area contributed by atoms with Crippen LogP contribution in [-0.2, 0) is 13.5 Å². The van der Waals surface area contributed by atoms with Gasteiger partial charge in [0.15, 0.2) is 11.8 Å². The maximum absolute atomic E-state index is 9.00. The van der Waals surface area contributed by atoms with Crippen molar-refractivity contribution in [1.82, 2.24) is 4.98 Å². The van der Waals surface area contributed by atoms with Crippen LogP contribution in [-0.4, -0.2) is 4.98 Å². The molecule has 3 heterocycles.